The second-order valence-electron chi connectivity index (χ2n) is 8.34. The molecule has 1 saturated heterocycles. The average Bonchev–Trinajstić information content (AvgIpc) is 2.97. The summed E-state index contributed by atoms with van der Waals surface area (Å²) in [5, 5.41) is 5.92. The van der Waals surface area contributed by atoms with E-state index in [1.54, 1.807) is 6.07 Å². The fraction of sp³-hybridized carbons (Fsp3) is 0.667. The van der Waals surface area contributed by atoms with E-state index in [0.717, 1.165) is 18.7 Å². The van der Waals surface area contributed by atoms with Crippen LogP contribution in [0.2, 0.25) is 0 Å². The number of nitrogens with one attached hydrogen (secondary N) is 2. The first-order valence-corrected chi connectivity index (χ1v) is 9.99. The van der Waals surface area contributed by atoms with Crippen molar-refractivity contribution >= 4 is 6.03 Å². The maximum Gasteiger partial charge on any atom is 0.315 e. The highest BCUT2D eigenvalue weighted by atomic mass is 19.1. The van der Waals surface area contributed by atoms with Crippen LogP contribution in [0.25, 0.3) is 0 Å². The van der Waals surface area contributed by atoms with Crippen LogP contribution in [0.3, 0.4) is 0 Å². The minimum Gasteiger partial charge on any atom is -0.338 e. The predicted octanol–water partition coefficient (Wildman–Crippen LogP) is 3.92. The van der Waals surface area contributed by atoms with Gasteiger partial charge >= 0.3 is 6.03 Å². The number of benzene rings is 1. The molecule has 4 nitrogen and oxygen atoms in total. The summed E-state index contributed by atoms with van der Waals surface area (Å²) in [5.41, 5.74) is 1.15. The van der Waals surface area contributed by atoms with Crippen LogP contribution in [-0.2, 0) is 6.54 Å². The molecule has 5 heteroatoms. The van der Waals surface area contributed by atoms with E-state index >= 15 is 0 Å². The fourth-order valence-electron chi connectivity index (χ4n) is 4.68. The molecular weight excluding hydrogens is 329 g/mol. The average molecular weight is 362 g/mol. The molecule has 2 aliphatic rings. The Labute approximate surface area is 156 Å². The molecule has 1 atom stereocenters. The number of hydrogen-bond donors (Lipinski definition) is 2. The third kappa shape index (κ3) is 4.56. The van der Waals surface area contributed by atoms with Gasteiger partial charge in [0.25, 0.3) is 0 Å². The molecule has 0 bridgehead atoms. The lowest BCUT2D eigenvalue weighted by Crippen LogP contribution is -2.43. The number of carbonyl (C=O) groups excluding carboxylic acids is 1. The van der Waals surface area contributed by atoms with Gasteiger partial charge in [-0.1, -0.05) is 31.4 Å². The van der Waals surface area contributed by atoms with E-state index in [4.69, 9.17) is 0 Å². The molecule has 1 aliphatic heterocycles. The summed E-state index contributed by atoms with van der Waals surface area (Å²) in [6, 6.07) is 6.74. The number of urea groups is 1. The Morgan fingerprint density at radius 2 is 2.04 bits per heavy atom. The lowest BCUT2D eigenvalue weighted by Gasteiger charge is -2.38. The Kier molecular flexibility index (Phi) is 6.17. The highest BCUT2D eigenvalue weighted by Crippen LogP contribution is 2.47. The second kappa shape index (κ2) is 8.38. The summed E-state index contributed by atoms with van der Waals surface area (Å²) in [5.74, 6) is 0.244. The normalized spacial score (nSPS) is 22.7. The van der Waals surface area contributed by atoms with Gasteiger partial charge < -0.3 is 15.5 Å². The van der Waals surface area contributed by atoms with Gasteiger partial charge in [0, 0.05) is 32.2 Å². The van der Waals surface area contributed by atoms with Crippen molar-refractivity contribution in [1.82, 2.24) is 15.5 Å². The van der Waals surface area contributed by atoms with Crippen molar-refractivity contribution < 1.29 is 9.18 Å². The summed E-state index contributed by atoms with van der Waals surface area (Å²) < 4.78 is 13.2. The van der Waals surface area contributed by atoms with Crippen LogP contribution in [0.5, 0.6) is 0 Å². The van der Waals surface area contributed by atoms with E-state index in [9.17, 15) is 9.18 Å². The van der Waals surface area contributed by atoms with Crippen molar-refractivity contribution in [2.45, 2.75) is 58.5 Å². The Morgan fingerprint density at radius 3 is 2.73 bits per heavy atom. The first-order valence-electron chi connectivity index (χ1n) is 9.99. The SMILES string of the molecule is CC(C)N1CC(CNC(=O)NCc2cccc(F)c2)C2(CCCCC2)C1. The molecule has 1 aromatic rings. The molecule has 1 aliphatic carbocycles. The van der Waals surface area contributed by atoms with E-state index in [2.05, 4.69) is 29.4 Å². The van der Waals surface area contributed by atoms with Crippen molar-refractivity contribution in [1.29, 1.82) is 0 Å². The van der Waals surface area contributed by atoms with Gasteiger partial charge in [-0.15, -0.1) is 0 Å². The van der Waals surface area contributed by atoms with Crippen molar-refractivity contribution in [3.63, 3.8) is 0 Å². The van der Waals surface area contributed by atoms with Crippen LogP contribution in [0.4, 0.5) is 9.18 Å². The quantitative estimate of drug-likeness (QED) is 0.835. The summed E-state index contributed by atoms with van der Waals surface area (Å²) in [7, 11) is 0. The summed E-state index contributed by atoms with van der Waals surface area (Å²) in [6.45, 7) is 7.83. The highest BCUT2D eigenvalue weighted by Gasteiger charge is 2.47. The molecule has 144 valence electrons. The molecule has 0 aromatic heterocycles. The predicted molar refractivity (Wildman–Crippen MR) is 102 cm³/mol. The first kappa shape index (κ1) is 19.2. The zero-order valence-corrected chi connectivity index (χ0v) is 16.1. The second-order valence-corrected chi connectivity index (χ2v) is 8.34. The van der Waals surface area contributed by atoms with E-state index in [1.807, 2.05) is 6.07 Å². The van der Waals surface area contributed by atoms with Crippen LogP contribution >= 0.6 is 0 Å². The molecular formula is C21H32FN3O. The molecule has 1 spiro atoms. The Bertz CT molecular complexity index is 613. The van der Waals surface area contributed by atoms with Crippen LogP contribution in [0, 0.1) is 17.2 Å². The Morgan fingerprint density at radius 1 is 1.27 bits per heavy atom. The maximum absolute atomic E-state index is 13.2. The van der Waals surface area contributed by atoms with Crippen LogP contribution < -0.4 is 10.6 Å². The number of carbonyl (C=O) groups is 1. The van der Waals surface area contributed by atoms with Crippen molar-refractivity contribution in [3.05, 3.63) is 35.6 Å². The van der Waals surface area contributed by atoms with Gasteiger partial charge in [-0.25, -0.2) is 9.18 Å². The zero-order valence-electron chi connectivity index (χ0n) is 16.1. The summed E-state index contributed by atoms with van der Waals surface area (Å²) >= 11 is 0. The van der Waals surface area contributed by atoms with E-state index in [-0.39, 0.29) is 11.8 Å². The first-order chi connectivity index (χ1) is 12.5. The third-order valence-electron chi connectivity index (χ3n) is 6.27. The van der Waals surface area contributed by atoms with Gasteiger partial charge in [0.15, 0.2) is 0 Å². The third-order valence-corrected chi connectivity index (χ3v) is 6.27. The molecule has 2 fully saturated rings. The van der Waals surface area contributed by atoms with Crippen molar-refractivity contribution in [2.75, 3.05) is 19.6 Å². The van der Waals surface area contributed by atoms with Crippen molar-refractivity contribution in [3.8, 4) is 0 Å². The van der Waals surface area contributed by atoms with Gasteiger partial charge in [0.05, 0.1) is 0 Å². The molecule has 1 heterocycles. The Hall–Kier alpha value is -1.62. The monoisotopic (exact) mass is 361 g/mol. The lowest BCUT2D eigenvalue weighted by molar-refractivity contribution is 0.134. The minimum atomic E-state index is -0.274. The molecule has 1 unspecified atom stereocenters. The van der Waals surface area contributed by atoms with E-state index < -0.39 is 0 Å². The standard InChI is InChI=1S/C21H32FN3O/c1-16(2)25-14-18(21(15-25)9-4-3-5-10-21)13-24-20(26)23-12-17-7-6-8-19(22)11-17/h6-8,11,16,18H,3-5,9-10,12-15H2,1-2H3,(H2,23,24,26). The van der Waals surface area contributed by atoms with E-state index in [0.29, 0.717) is 23.9 Å². The molecule has 0 radical (unpaired) electrons. The molecule has 2 N–H and O–H groups in total. The number of likely N-dealkylation sites (tertiary alicyclic amines) is 1. The number of hydrogen-bond acceptors (Lipinski definition) is 2. The topological polar surface area (TPSA) is 44.4 Å². The molecule has 1 aromatic carbocycles. The zero-order chi connectivity index (χ0) is 18.6. The van der Waals surface area contributed by atoms with Crippen LogP contribution in [-0.4, -0.2) is 36.6 Å². The number of halogens is 1. The van der Waals surface area contributed by atoms with Crippen LogP contribution in [0.15, 0.2) is 24.3 Å². The molecule has 2 amide bonds. The fourth-order valence-corrected chi connectivity index (χ4v) is 4.68. The smallest absolute Gasteiger partial charge is 0.315 e. The number of rotatable bonds is 5. The van der Waals surface area contributed by atoms with Crippen molar-refractivity contribution in [2.24, 2.45) is 11.3 Å². The van der Waals surface area contributed by atoms with Gasteiger partial charge in [-0.2, -0.15) is 0 Å². The van der Waals surface area contributed by atoms with Gasteiger partial charge in [0.2, 0.25) is 0 Å². The summed E-state index contributed by atoms with van der Waals surface area (Å²) in [6.07, 6.45) is 6.54. The van der Waals surface area contributed by atoms with Gasteiger partial charge in [0.1, 0.15) is 5.82 Å². The largest absolute Gasteiger partial charge is 0.338 e. The number of amides is 2. The van der Waals surface area contributed by atoms with Gasteiger partial charge in [-0.3, -0.25) is 0 Å². The molecule has 1 saturated carbocycles. The Balaban J connectivity index is 1.52. The summed E-state index contributed by atoms with van der Waals surface area (Å²) in [4.78, 5) is 14.8. The van der Waals surface area contributed by atoms with E-state index in [1.165, 1.54) is 50.8 Å². The molecule has 3 rings (SSSR count). The number of nitrogens with zero attached hydrogens (tertiary/aromatic N) is 1. The minimum absolute atomic E-state index is 0.164. The molecule has 26 heavy (non-hydrogen) atoms. The maximum atomic E-state index is 13.2. The lowest BCUT2D eigenvalue weighted by atomic mass is 9.68. The highest BCUT2D eigenvalue weighted by molar-refractivity contribution is 5.73. The van der Waals surface area contributed by atoms with Gasteiger partial charge in [-0.05, 0) is 55.7 Å². The van der Waals surface area contributed by atoms with Crippen LogP contribution in [0.1, 0.15) is 51.5 Å².